The number of nitrogens with two attached hydrogens (primary N) is 1. The van der Waals surface area contributed by atoms with Crippen molar-refractivity contribution in [2.75, 3.05) is 0 Å². The SMILES string of the molecule is Cc1cc(Cl)cc(C)c1OCc1ccccc1C(=O)NN. The van der Waals surface area contributed by atoms with Gasteiger partial charge in [0.1, 0.15) is 12.4 Å². The van der Waals surface area contributed by atoms with Crippen LogP contribution in [0.2, 0.25) is 5.02 Å². The molecule has 0 aliphatic heterocycles. The maximum atomic E-state index is 11.7. The number of ether oxygens (including phenoxy) is 1. The fraction of sp³-hybridized carbons (Fsp3) is 0.188. The van der Waals surface area contributed by atoms with Gasteiger partial charge in [-0.05, 0) is 43.2 Å². The lowest BCUT2D eigenvalue weighted by Crippen LogP contribution is -2.30. The van der Waals surface area contributed by atoms with Crippen LogP contribution in [-0.4, -0.2) is 5.91 Å². The summed E-state index contributed by atoms with van der Waals surface area (Å²) in [5.74, 6) is 5.64. The van der Waals surface area contributed by atoms with Crippen LogP contribution in [-0.2, 0) is 6.61 Å². The van der Waals surface area contributed by atoms with Crippen molar-refractivity contribution in [3.63, 3.8) is 0 Å². The second-order valence-corrected chi connectivity index (χ2v) is 5.22. The molecule has 0 aromatic heterocycles. The van der Waals surface area contributed by atoms with Gasteiger partial charge in [-0.1, -0.05) is 29.8 Å². The van der Waals surface area contributed by atoms with E-state index in [1.165, 1.54) is 0 Å². The largest absolute Gasteiger partial charge is 0.488 e. The average Bonchev–Trinajstić information content (AvgIpc) is 2.45. The zero-order valence-corrected chi connectivity index (χ0v) is 12.7. The van der Waals surface area contributed by atoms with Gasteiger partial charge in [0.25, 0.3) is 5.91 Å². The second kappa shape index (κ2) is 6.61. The summed E-state index contributed by atoms with van der Waals surface area (Å²) in [6.45, 7) is 4.16. The molecule has 0 radical (unpaired) electrons. The van der Waals surface area contributed by atoms with E-state index in [1.807, 2.05) is 38.1 Å². The Balaban J connectivity index is 2.23. The van der Waals surface area contributed by atoms with Crippen molar-refractivity contribution in [2.45, 2.75) is 20.5 Å². The first-order chi connectivity index (χ1) is 10.0. The van der Waals surface area contributed by atoms with Crippen molar-refractivity contribution in [3.8, 4) is 5.75 Å². The number of hydrogen-bond acceptors (Lipinski definition) is 3. The first-order valence-electron chi connectivity index (χ1n) is 6.51. The Labute approximate surface area is 128 Å². The molecule has 110 valence electrons. The summed E-state index contributed by atoms with van der Waals surface area (Å²) in [6.07, 6.45) is 0. The Bertz CT molecular complexity index is 648. The fourth-order valence-corrected chi connectivity index (χ4v) is 2.55. The van der Waals surface area contributed by atoms with Crippen molar-refractivity contribution >= 4 is 17.5 Å². The minimum absolute atomic E-state index is 0.285. The van der Waals surface area contributed by atoms with Crippen molar-refractivity contribution in [3.05, 3.63) is 63.7 Å². The first kappa shape index (κ1) is 15.4. The number of aryl methyl sites for hydroxylation is 2. The molecule has 21 heavy (non-hydrogen) atoms. The Morgan fingerprint density at radius 3 is 2.48 bits per heavy atom. The van der Waals surface area contributed by atoms with Crippen LogP contribution in [0.1, 0.15) is 27.0 Å². The molecule has 0 aliphatic rings. The van der Waals surface area contributed by atoms with Crippen LogP contribution in [0.3, 0.4) is 0 Å². The molecule has 0 bridgehead atoms. The maximum Gasteiger partial charge on any atom is 0.265 e. The number of nitrogen functional groups attached to an aromatic ring is 1. The van der Waals surface area contributed by atoms with Crippen LogP contribution in [0.15, 0.2) is 36.4 Å². The Morgan fingerprint density at radius 1 is 1.24 bits per heavy atom. The molecule has 1 amide bonds. The normalized spacial score (nSPS) is 10.3. The summed E-state index contributed by atoms with van der Waals surface area (Å²) >= 11 is 6.00. The van der Waals surface area contributed by atoms with Crippen LogP contribution in [0.25, 0.3) is 0 Å². The van der Waals surface area contributed by atoms with E-state index >= 15 is 0 Å². The molecule has 0 atom stereocenters. The third-order valence-corrected chi connectivity index (χ3v) is 3.41. The quantitative estimate of drug-likeness (QED) is 0.518. The average molecular weight is 305 g/mol. The third kappa shape index (κ3) is 3.54. The maximum absolute atomic E-state index is 11.7. The van der Waals surface area contributed by atoms with Gasteiger partial charge in [-0.25, -0.2) is 5.84 Å². The highest BCUT2D eigenvalue weighted by atomic mass is 35.5. The Morgan fingerprint density at radius 2 is 1.86 bits per heavy atom. The lowest BCUT2D eigenvalue weighted by atomic mass is 10.1. The third-order valence-electron chi connectivity index (χ3n) is 3.19. The summed E-state index contributed by atoms with van der Waals surface area (Å²) in [5.41, 5.74) is 5.33. The molecular formula is C16H17ClN2O2. The molecule has 2 aromatic carbocycles. The number of hydrazine groups is 1. The van der Waals surface area contributed by atoms with E-state index in [1.54, 1.807) is 12.1 Å². The Kier molecular flexibility index (Phi) is 4.83. The van der Waals surface area contributed by atoms with Gasteiger partial charge in [0.05, 0.1) is 0 Å². The highest BCUT2D eigenvalue weighted by Gasteiger charge is 2.11. The van der Waals surface area contributed by atoms with Gasteiger partial charge in [-0.3, -0.25) is 10.2 Å². The van der Waals surface area contributed by atoms with Crippen molar-refractivity contribution in [2.24, 2.45) is 5.84 Å². The molecule has 0 fully saturated rings. The molecule has 3 N–H and O–H groups in total. The van der Waals surface area contributed by atoms with Crippen molar-refractivity contribution in [1.82, 2.24) is 5.43 Å². The minimum Gasteiger partial charge on any atom is -0.488 e. The predicted octanol–water partition coefficient (Wildman–Crippen LogP) is 3.14. The van der Waals surface area contributed by atoms with Crippen LogP contribution < -0.4 is 16.0 Å². The summed E-state index contributed by atoms with van der Waals surface area (Å²) in [6, 6.07) is 10.9. The minimum atomic E-state index is -0.334. The van der Waals surface area contributed by atoms with Gasteiger partial charge < -0.3 is 4.74 Å². The van der Waals surface area contributed by atoms with E-state index in [9.17, 15) is 4.79 Å². The summed E-state index contributed by atoms with van der Waals surface area (Å²) in [5, 5.41) is 0.681. The molecule has 5 heteroatoms. The van der Waals surface area contributed by atoms with Gasteiger partial charge in [-0.2, -0.15) is 0 Å². The lowest BCUT2D eigenvalue weighted by Gasteiger charge is -2.14. The van der Waals surface area contributed by atoms with E-state index < -0.39 is 0 Å². The smallest absolute Gasteiger partial charge is 0.265 e. The Hall–Kier alpha value is -2.04. The van der Waals surface area contributed by atoms with E-state index in [2.05, 4.69) is 5.43 Å². The first-order valence-corrected chi connectivity index (χ1v) is 6.89. The number of nitrogens with one attached hydrogen (secondary N) is 1. The number of carbonyl (C=O) groups is 1. The number of rotatable bonds is 4. The predicted molar refractivity (Wildman–Crippen MR) is 83.4 cm³/mol. The molecule has 2 aromatic rings. The number of benzene rings is 2. The molecule has 0 unspecified atom stereocenters. The van der Waals surface area contributed by atoms with E-state index in [0.717, 1.165) is 22.4 Å². The number of halogens is 1. The van der Waals surface area contributed by atoms with E-state index in [-0.39, 0.29) is 12.5 Å². The fourth-order valence-electron chi connectivity index (χ4n) is 2.22. The number of hydrogen-bond donors (Lipinski definition) is 2. The van der Waals surface area contributed by atoms with Crippen LogP contribution in [0.5, 0.6) is 5.75 Å². The molecular weight excluding hydrogens is 288 g/mol. The van der Waals surface area contributed by atoms with Gasteiger partial charge in [0, 0.05) is 16.1 Å². The molecule has 0 saturated carbocycles. The van der Waals surface area contributed by atoms with E-state index in [0.29, 0.717) is 10.6 Å². The van der Waals surface area contributed by atoms with Crippen LogP contribution in [0.4, 0.5) is 0 Å². The van der Waals surface area contributed by atoms with Gasteiger partial charge >= 0.3 is 0 Å². The molecule has 0 spiro atoms. The standard InChI is InChI=1S/C16H17ClN2O2/c1-10-7-13(17)8-11(2)15(10)21-9-12-5-3-4-6-14(12)16(20)19-18/h3-8H,9,18H2,1-2H3,(H,19,20). The molecule has 0 aliphatic carbocycles. The summed E-state index contributed by atoms with van der Waals surface area (Å²) < 4.78 is 5.86. The zero-order chi connectivity index (χ0) is 15.4. The highest BCUT2D eigenvalue weighted by molar-refractivity contribution is 6.30. The molecule has 0 saturated heterocycles. The topological polar surface area (TPSA) is 64.3 Å². The monoisotopic (exact) mass is 304 g/mol. The van der Waals surface area contributed by atoms with Gasteiger partial charge in [-0.15, -0.1) is 0 Å². The summed E-state index contributed by atoms with van der Waals surface area (Å²) in [4.78, 5) is 11.7. The number of carbonyl (C=O) groups excluding carboxylic acids is 1. The van der Waals surface area contributed by atoms with Crippen LogP contribution >= 0.6 is 11.6 Å². The van der Waals surface area contributed by atoms with Crippen LogP contribution in [0, 0.1) is 13.8 Å². The van der Waals surface area contributed by atoms with Gasteiger partial charge in [0.15, 0.2) is 0 Å². The lowest BCUT2D eigenvalue weighted by molar-refractivity contribution is 0.0951. The summed E-state index contributed by atoms with van der Waals surface area (Å²) in [7, 11) is 0. The zero-order valence-electron chi connectivity index (χ0n) is 11.9. The van der Waals surface area contributed by atoms with Gasteiger partial charge in [0.2, 0.25) is 0 Å². The second-order valence-electron chi connectivity index (χ2n) is 4.79. The van der Waals surface area contributed by atoms with E-state index in [4.69, 9.17) is 22.2 Å². The van der Waals surface area contributed by atoms with Crippen molar-refractivity contribution in [1.29, 1.82) is 0 Å². The highest BCUT2D eigenvalue weighted by Crippen LogP contribution is 2.28. The van der Waals surface area contributed by atoms with Crippen molar-refractivity contribution < 1.29 is 9.53 Å². The molecule has 2 rings (SSSR count). The number of amides is 1. The molecule has 4 nitrogen and oxygen atoms in total. The molecule has 0 heterocycles.